The standard InChI is InChI=1S/2C21H22N6O.C21H22N6.C21H27N5O2.C19H21FN4O/c1-15-13-26(7-8-28-15)21-10-19(5-6-22-21)27-20-9-16(3-4-17(20)11-24-27)18-12-23-25(2)14-18;1-25-14-17(13-23-25)15-2-3-16-12-24-27(20(16)10-15)18-4-7-22-21(11-18)26-8-5-19(28)6-9-26;1-25-15-18(14-23-25)16-5-6-17-13-24-27(20(17)11-16)19-7-8-22-21(12-19)26-9-3-2-4-10-26;1-16(2)28-19-4-3-17-15-23-26(20(17)14-19)18-5-6-22-21(13-18)25-9-7-24(8-10-25)11-12-27;1-13(2)25-17-4-3-14-11-22-24(18(14)10-17)16-5-7-21-19(9-16)23-8-6-15(20)12-23/h3-6,9-12,14-15H,7-8,13H2,1-2H3;2-4,7,10-14,19,28H,5-6,8-9H2,1H3;5-8,11-15H,2-4,9-10H2,1H3;3-6,13-16,27H,7-12H2,1-2H3;3-5,7,9-11,13,15H,6,8,12H2,1-2H3/t15-;;;;15-/m0...0/s1. The number of halogens is 1. The van der Waals surface area contributed by atoms with Crippen molar-refractivity contribution in [2.75, 3.05) is 123 Å². The SMILES string of the molecule is CC(C)Oc1ccc2cnn(-c3ccnc(N4CCN(CCO)CC4)c3)c2c1.CC(C)Oc1ccc2cnn(-c3ccnc(N4CC[C@H](F)C4)c3)c2c1.C[C@H]1CN(c2cc(-n3ncc4ccc(-c5cnn(C)c5)cc43)ccn2)CCO1.Cn1cc(-c2ccc3cnn(-c4ccnc(N5CCC(O)CC5)c4)c3c2)cn1.Cn1cc(-c2ccc3cnn(-c4ccnc(N5CCCCC5)c4)c3c2)cn1. The van der Waals surface area contributed by atoms with Gasteiger partial charge < -0.3 is 48.9 Å². The number of fused-ring (bicyclic) bond motifs is 5. The Balaban J connectivity index is 0.000000109. The minimum atomic E-state index is -0.772. The fraction of sp³-hybridized carbons (Fsp3) is 0.330. The highest BCUT2D eigenvalue weighted by atomic mass is 19.1. The maximum atomic E-state index is 13.5. The predicted octanol–water partition coefficient (Wildman–Crippen LogP) is 15.7. The summed E-state index contributed by atoms with van der Waals surface area (Å²) in [5.74, 6) is 6.34. The molecule has 5 saturated heterocycles. The molecule has 18 aromatic rings. The van der Waals surface area contributed by atoms with Gasteiger partial charge in [0.1, 0.15) is 46.8 Å². The summed E-state index contributed by atoms with van der Waals surface area (Å²) in [4.78, 5) is 36.1. The molecule has 5 aliphatic rings. The summed E-state index contributed by atoms with van der Waals surface area (Å²) in [7, 11) is 5.78. The monoisotopic (exact) mass is 1830 g/mol. The van der Waals surface area contributed by atoms with Crippen molar-refractivity contribution in [1.29, 1.82) is 0 Å². The first-order chi connectivity index (χ1) is 66.3. The van der Waals surface area contributed by atoms with Gasteiger partial charge in [-0.3, -0.25) is 18.9 Å². The molecule has 698 valence electrons. The maximum absolute atomic E-state index is 13.5. The zero-order chi connectivity index (χ0) is 93.3. The number of rotatable bonds is 19. The molecule has 5 fully saturated rings. The second-order valence-corrected chi connectivity index (χ2v) is 35.7. The van der Waals surface area contributed by atoms with Crippen molar-refractivity contribution < 1.29 is 28.8 Å². The van der Waals surface area contributed by atoms with E-state index in [4.69, 9.17) is 19.3 Å². The molecule has 0 aliphatic carbocycles. The Labute approximate surface area is 788 Å². The van der Waals surface area contributed by atoms with Gasteiger partial charge in [0.2, 0.25) is 0 Å². The van der Waals surface area contributed by atoms with Gasteiger partial charge >= 0.3 is 0 Å². The van der Waals surface area contributed by atoms with Gasteiger partial charge in [-0.25, -0.2) is 52.7 Å². The Morgan fingerprint density at radius 1 is 0.360 bits per heavy atom. The average Bonchev–Trinajstić information content (AvgIpc) is 1.65. The molecule has 2 atom stereocenters. The number of hydrogen-bond donors (Lipinski definition) is 2. The zero-order valence-electron chi connectivity index (χ0n) is 78.0. The van der Waals surface area contributed by atoms with Crippen molar-refractivity contribution in [2.45, 2.75) is 104 Å². The first-order valence-electron chi connectivity index (χ1n) is 46.9. The normalized spacial score (nSPS) is 16.1. The molecule has 0 saturated carbocycles. The van der Waals surface area contributed by atoms with Gasteiger partial charge in [0.25, 0.3) is 0 Å². The lowest BCUT2D eigenvalue weighted by Gasteiger charge is -2.35. The quantitative estimate of drug-likeness (QED) is 0.0760. The highest BCUT2D eigenvalue weighted by molar-refractivity contribution is 5.89. The minimum absolute atomic E-state index is 0.116. The molecule has 33 heteroatoms. The second-order valence-electron chi connectivity index (χ2n) is 35.7. The number of piperazine rings is 1. The molecular weight excluding hydrogens is 1710 g/mol. The number of alkyl halides is 1. The molecule has 0 spiro atoms. The number of aliphatic hydroxyl groups is 2. The minimum Gasteiger partial charge on any atom is -0.491 e. The van der Waals surface area contributed by atoms with Crippen molar-refractivity contribution in [3.63, 3.8) is 0 Å². The lowest BCUT2D eigenvalue weighted by molar-refractivity contribution is 0.0529. The van der Waals surface area contributed by atoms with E-state index in [1.165, 1.54) is 19.3 Å². The van der Waals surface area contributed by atoms with E-state index in [2.05, 4.69) is 176 Å². The van der Waals surface area contributed by atoms with Crippen LogP contribution < -0.4 is 34.0 Å². The van der Waals surface area contributed by atoms with Crippen LogP contribution in [0.5, 0.6) is 11.5 Å². The van der Waals surface area contributed by atoms with Crippen LogP contribution in [-0.2, 0) is 25.9 Å². The topological polar surface area (TPSA) is 295 Å². The number of piperidine rings is 2. The maximum Gasteiger partial charge on any atom is 0.130 e. The highest BCUT2D eigenvalue weighted by Crippen LogP contribution is 2.35. The van der Waals surface area contributed by atoms with Crippen molar-refractivity contribution in [3.8, 4) is 73.3 Å². The van der Waals surface area contributed by atoms with Crippen molar-refractivity contribution in [1.82, 2.24) is 108 Å². The number of aromatic nitrogens is 21. The number of nitrogens with zero attached hydrogens (tertiary/aromatic N) is 27. The van der Waals surface area contributed by atoms with E-state index in [0.29, 0.717) is 19.5 Å². The van der Waals surface area contributed by atoms with E-state index in [-0.39, 0.29) is 31.0 Å². The van der Waals surface area contributed by atoms with Gasteiger partial charge in [-0.05, 0) is 163 Å². The van der Waals surface area contributed by atoms with Gasteiger partial charge in [-0.2, -0.15) is 40.8 Å². The van der Waals surface area contributed by atoms with Gasteiger partial charge in [0, 0.05) is 235 Å². The number of aliphatic hydroxyl groups excluding tert-OH is 2. The Hall–Kier alpha value is -14.8. The Bertz CT molecular complexity index is 7110. The van der Waals surface area contributed by atoms with Crippen LogP contribution in [0.15, 0.2) is 251 Å². The summed E-state index contributed by atoms with van der Waals surface area (Å²) >= 11 is 0. The number of benzene rings is 5. The lowest BCUT2D eigenvalue weighted by Crippen LogP contribution is -2.47. The number of morpholine rings is 1. The summed E-state index contributed by atoms with van der Waals surface area (Å²) in [6, 6.07) is 51.4. The van der Waals surface area contributed by atoms with Crippen LogP contribution in [0.25, 0.3) is 116 Å². The van der Waals surface area contributed by atoms with E-state index in [1.54, 1.807) is 6.20 Å². The smallest absolute Gasteiger partial charge is 0.130 e. The molecule has 13 aromatic heterocycles. The fourth-order valence-corrected chi connectivity index (χ4v) is 18.1. The molecule has 2 N–H and O–H groups in total. The molecule has 23 rings (SSSR count). The lowest BCUT2D eigenvalue weighted by atomic mass is 10.1. The highest BCUT2D eigenvalue weighted by Gasteiger charge is 2.27. The summed E-state index contributed by atoms with van der Waals surface area (Å²) in [5.41, 5.74) is 16.8. The molecule has 0 bridgehead atoms. The largest absolute Gasteiger partial charge is 0.491 e. The van der Waals surface area contributed by atoms with Crippen LogP contribution in [0.1, 0.15) is 73.1 Å². The summed E-state index contributed by atoms with van der Waals surface area (Å²) in [5, 5.41) is 60.1. The zero-order valence-corrected chi connectivity index (χ0v) is 78.0. The number of aryl methyl sites for hydroxylation is 3. The van der Waals surface area contributed by atoms with Crippen molar-refractivity contribution in [2.24, 2.45) is 21.1 Å². The molecule has 18 heterocycles. The third kappa shape index (κ3) is 20.9. The van der Waals surface area contributed by atoms with Crippen LogP contribution in [-0.4, -0.2) is 247 Å². The van der Waals surface area contributed by atoms with E-state index in [9.17, 15) is 9.50 Å². The number of β-amino-alcohol motifs (C(OH)–C–C–N with tert-alkyl or cyclic N) is 1. The summed E-state index contributed by atoms with van der Waals surface area (Å²) < 4.78 is 46.0. The second kappa shape index (κ2) is 41.0. The van der Waals surface area contributed by atoms with Crippen LogP contribution in [0, 0.1) is 0 Å². The van der Waals surface area contributed by atoms with Gasteiger partial charge in [0.05, 0.1) is 150 Å². The first-order valence-corrected chi connectivity index (χ1v) is 46.9. The van der Waals surface area contributed by atoms with Crippen LogP contribution in [0.2, 0.25) is 0 Å². The summed E-state index contributed by atoms with van der Waals surface area (Å²) in [6.07, 6.45) is 35.7. The number of ether oxygens (including phenoxy) is 3. The van der Waals surface area contributed by atoms with Gasteiger partial charge in [-0.1, -0.05) is 36.4 Å². The van der Waals surface area contributed by atoms with Crippen LogP contribution in [0.4, 0.5) is 33.5 Å². The molecule has 5 aliphatic heterocycles. The van der Waals surface area contributed by atoms with Gasteiger partial charge in [0.15, 0.2) is 0 Å². The molecular formula is C103H114FN27O5. The Kier molecular flexibility index (Phi) is 27.2. The van der Waals surface area contributed by atoms with E-state index in [0.717, 1.165) is 248 Å². The Morgan fingerprint density at radius 3 is 1.04 bits per heavy atom. The molecule has 136 heavy (non-hydrogen) atoms. The third-order valence-electron chi connectivity index (χ3n) is 25.1. The third-order valence-corrected chi connectivity index (χ3v) is 25.1. The number of anilines is 5. The number of pyridine rings is 5. The Morgan fingerprint density at radius 2 is 0.699 bits per heavy atom. The average molecular weight is 1830 g/mol. The van der Waals surface area contributed by atoms with Crippen molar-refractivity contribution in [3.05, 3.63) is 251 Å². The van der Waals surface area contributed by atoms with Gasteiger partial charge in [-0.15, -0.1) is 0 Å². The number of hydrogen-bond acceptors (Lipinski definition) is 24. The molecule has 5 aromatic carbocycles. The van der Waals surface area contributed by atoms with Crippen molar-refractivity contribution >= 4 is 83.6 Å². The van der Waals surface area contributed by atoms with E-state index >= 15 is 0 Å². The molecule has 0 radical (unpaired) electrons. The van der Waals surface area contributed by atoms with Crippen LogP contribution in [0.3, 0.4) is 0 Å². The molecule has 0 amide bonds. The molecule has 32 nitrogen and oxygen atoms in total. The fourth-order valence-electron chi connectivity index (χ4n) is 18.1. The summed E-state index contributed by atoms with van der Waals surface area (Å²) in [6.45, 7) is 22.1. The predicted molar refractivity (Wildman–Crippen MR) is 531 cm³/mol. The van der Waals surface area contributed by atoms with E-state index < -0.39 is 6.17 Å². The molecule has 0 unspecified atom stereocenters. The van der Waals surface area contributed by atoms with Crippen LogP contribution >= 0.6 is 0 Å². The first kappa shape index (κ1) is 90.4. The van der Waals surface area contributed by atoms with E-state index in [1.807, 2.05) is 257 Å².